The Morgan fingerprint density at radius 2 is 2.24 bits per heavy atom. The van der Waals surface area contributed by atoms with Crippen molar-refractivity contribution in [2.24, 2.45) is 0 Å². The molecule has 0 aromatic rings. The van der Waals surface area contributed by atoms with Crippen molar-refractivity contribution in [1.29, 1.82) is 0 Å². The van der Waals surface area contributed by atoms with E-state index in [0.717, 1.165) is 52.5 Å². The number of nitrogens with one attached hydrogen (secondary N) is 1. The Bertz CT molecular complexity index is 179. The molecular weight excluding hydrogens is 216 g/mol. The summed E-state index contributed by atoms with van der Waals surface area (Å²) < 4.78 is 11.3. The van der Waals surface area contributed by atoms with E-state index in [1.807, 2.05) is 0 Å². The van der Waals surface area contributed by atoms with Gasteiger partial charge in [0.1, 0.15) is 0 Å². The summed E-state index contributed by atoms with van der Waals surface area (Å²) in [4.78, 5) is 2.44. The molecule has 1 heterocycles. The lowest BCUT2D eigenvalue weighted by atomic mass is 10.2. The van der Waals surface area contributed by atoms with Crippen molar-refractivity contribution in [3.8, 4) is 0 Å². The van der Waals surface area contributed by atoms with Gasteiger partial charge in [-0.3, -0.25) is 4.90 Å². The van der Waals surface area contributed by atoms with Gasteiger partial charge in [-0.2, -0.15) is 0 Å². The van der Waals surface area contributed by atoms with Crippen LogP contribution in [0, 0.1) is 0 Å². The van der Waals surface area contributed by atoms with Crippen molar-refractivity contribution in [1.82, 2.24) is 10.2 Å². The van der Waals surface area contributed by atoms with Gasteiger partial charge in [-0.05, 0) is 13.0 Å². The predicted octanol–water partition coefficient (Wildman–Crippen LogP) is 1.11. The van der Waals surface area contributed by atoms with E-state index in [9.17, 15) is 0 Å². The summed E-state index contributed by atoms with van der Waals surface area (Å²) in [6.07, 6.45) is 2.73. The highest BCUT2D eigenvalue weighted by molar-refractivity contribution is 4.72. The molecule has 1 aliphatic heterocycles. The lowest BCUT2D eigenvalue weighted by molar-refractivity contribution is -0.0347. The lowest BCUT2D eigenvalue weighted by Crippen LogP contribution is -2.47. The number of rotatable bonds is 9. The van der Waals surface area contributed by atoms with Crippen LogP contribution in [0.25, 0.3) is 0 Å². The maximum absolute atomic E-state index is 5.71. The van der Waals surface area contributed by atoms with Gasteiger partial charge in [-0.15, -0.1) is 0 Å². The molecule has 17 heavy (non-hydrogen) atoms. The molecule has 4 heteroatoms. The monoisotopic (exact) mass is 244 g/mol. The molecule has 0 radical (unpaired) electrons. The van der Waals surface area contributed by atoms with Crippen LogP contribution in [0.3, 0.4) is 0 Å². The third-order valence-electron chi connectivity index (χ3n) is 3.04. The Morgan fingerprint density at radius 3 is 3.00 bits per heavy atom. The maximum atomic E-state index is 5.71. The van der Waals surface area contributed by atoms with Crippen LogP contribution in [-0.4, -0.2) is 63.5 Å². The minimum Gasteiger partial charge on any atom is -0.380 e. The van der Waals surface area contributed by atoms with Crippen LogP contribution in [0.2, 0.25) is 0 Å². The fourth-order valence-corrected chi connectivity index (χ4v) is 1.95. The zero-order chi connectivity index (χ0) is 12.3. The first kappa shape index (κ1) is 14.9. The summed E-state index contributed by atoms with van der Waals surface area (Å²) in [6, 6.07) is 0. The average Bonchev–Trinajstić information content (AvgIpc) is 2.37. The average molecular weight is 244 g/mol. The zero-order valence-corrected chi connectivity index (χ0v) is 11.4. The number of unbranched alkanes of at least 4 members (excludes halogenated alkanes) is 1. The van der Waals surface area contributed by atoms with Gasteiger partial charge >= 0.3 is 0 Å². The molecule has 1 aliphatic rings. The molecule has 1 rings (SSSR count). The van der Waals surface area contributed by atoms with Crippen LogP contribution >= 0.6 is 0 Å². The van der Waals surface area contributed by atoms with Crippen molar-refractivity contribution < 1.29 is 9.47 Å². The summed E-state index contributed by atoms with van der Waals surface area (Å²) >= 11 is 0. The van der Waals surface area contributed by atoms with E-state index in [-0.39, 0.29) is 0 Å². The number of hydrogen-bond donors (Lipinski definition) is 1. The topological polar surface area (TPSA) is 33.7 Å². The number of hydrogen-bond acceptors (Lipinski definition) is 4. The van der Waals surface area contributed by atoms with Crippen LogP contribution in [0.4, 0.5) is 0 Å². The van der Waals surface area contributed by atoms with Gasteiger partial charge in [0.2, 0.25) is 0 Å². The van der Waals surface area contributed by atoms with Gasteiger partial charge < -0.3 is 14.8 Å². The van der Waals surface area contributed by atoms with Crippen molar-refractivity contribution in [2.75, 3.05) is 52.5 Å². The predicted molar refractivity (Wildman–Crippen MR) is 70.5 cm³/mol. The number of nitrogens with zero attached hydrogens (tertiary/aromatic N) is 1. The van der Waals surface area contributed by atoms with E-state index in [0.29, 0.717) is 6.10 Å². The number of likely N-dealkylation sites (N-methyl/N-ethyl adjacent to an activating group) is 1. The normalized spacial score (nSPS) is 21.9. The van der Waals surface area contributed by atoms with Crippen LogP contribution in [0.15, 0.2) is 0 Å². The molecular formula is C13H28N2O2. The smallest absolute Gasteiger partial charge is 0.0826 e. The summed E-state index contributed by atoms with van der Waals surface area (Å²) in [7, 11) is 0. The van der Waals surface area contributed by atoms with E-state index >= 15 is 0 Å². The highest BCUT2D eigenvalue weighted by Crippen LogP contribution is 2.04. The molecule has 0 bridgehead atoms. The fourth-order valence-electron chi connectivity index (χ4n) is 1.95. The van der Waals surface area contributed by atoms with Crippen LogP contribution in [0.5, 0.6) is 0 Å². The Morgan fingerprint density at radius 1 is 1.35 bits per heavy atom. The Balaban J connectivity index is 2.03. The second kappa shape index (κ2) is 9.83. The van der Waals surface area contributed by atoms with Gasteiger partial charge in [0, 0.05) is 32.8 Å². The molecule has 4 nitrogen and oxygen atoms in total. The molecule has 0 unspecified atom stereocenters. The van der Waals surface area contributed by atoms with Gasteiger partial charge in [-0.1, -0.05) is 20.3 Å². The van der Waals surface area contributed by atoms with Crippen LogP contribution < -0.4 is 5.32 Å². The number of morpholine rings is 1. The Hall–Kier alpha value is -0.160. The van der Waals surface area contributed by atoms with Gasteiger partial charge in [0.15, 0.2) is 0 Å². The minimum atomic E-state index is 0.347. The van der Waals surface area contributed by atoms with Crippen molar-refractivity contribution >= 4 is 0 Å². The second-order valence-electron chi connectivity index (χ2n) is 4.57. The quantitative estimate of drug-likeness (QED) is 0.616. The van der Waals surface area contributed by atoms with Crippen molar-refractivity contribution in [2.45, 2.75) is 32.8 Å². The van der Waals surface area contributed by atoms with E-state index < -0.39 is 0 Å². The van der Waals surface area contributed by atoms with E-state index in [1.165, 1.54) is 12.8 Å². The third-order valence-corrected chi connectivity index (χ3v) is 3.04. The highest BCUT2D eigenvalue weighted by atomic mass is 16.5. The zero-order valence-electron chi connectivity index (χ0n) is 11.4. The van der Waals surface area contributed by atoms with Gasteiger partial charge in [-0.25, -0.2) is 0 Å². The summed E-state index contributed by atoms with van der Waals surface area (Å²) in [5.74, 6) is 0. The Labute approximate surface area is 106 Å². The van der Waals surface area contributed by atoms with Crippen LogP contribution in [0.1, 0.15) is 26.7 Å². The molecule has 0 aromatic heterocycles. The van der Waals surface area contributed by atoms with E-state index in [4.69, 9.17) is 9.47 Å². The van der Waals surface area contributed by atoms with Crippen molar-refractivity contribution in [3.63, 3.8) is 0 Å². The van der Waals surface area contributed by atoms with E-state index in [2.05, 4.69) is 24.1 Å². The third kappa shape index (κ3) is 6.99. The highest BCUT2D eigenvalue weighted by Gasteiger charge is 2.19. The molecule has 0 saturated carbocycles. The van der Waals surface area contributed by atoms with E-state index in [1.54, 1.807) is 0 Å². The van der Waals surface area contributed by atoms with Crippen LogP contribution in [-0.2, 0) is 9.47 Å². The second-order valence-corrected chi connectivity index (χ2v) is 4.57. The largest absolute Gasteiger partial charge is 0.380 e. The summed E-state index contributed by atoms with van der Waals surface area (Å²) in [5.41, 5.74) is 0. The molecule has 1 N–H and O–H groups in total. The molecule has 0 amide bonds. The molecule has 1 saturated heterocycles. The molecule has 0 aromatic carbocycles. The molecule has 1 atom stereocenters. The standard InChI is InChI=1S/C13H28N2O2/c1-3-5-8-16-9-6-15-7-10-17-13(12-15)11-14-4-2/h13-14H,3-12H2,1-2H3/t13-/m0/s1. The van der Waals surface area contributed by atoms with Gasteiger partial charge in [0.25, 0.3) is 0 Å². The minimum absolute atomic E-state index is 0.347. The van der Waals surface area contributed by atoms with Crippen molar-refractivity contribution in [3.05, 3.63) is 0 Å². The summed E-state index contributed by atoms with van der Waals surface area (Å²) in [5, 5.41) is 3.34. The molecule has 102 valence electrons. The molecule has 0 spiro atoms. The van der Waals surface area contributed by atoms with Gasteiger partial charge in [0.05, 0.1) is 19.3 Å². The first-order valence-corrected chi connectivity index (χ1v) is 6.99. The fraction of sp³-hybridized carbons (Fsp3) is 1.00. The maximum Gasteiger partial charge on any atom is 0.0826 e. The SMILES string of the molecule is CCCCOCCN1CCO[C@@H](CNCC)C1. The molecule has 0 aliphatic carbocycles. The first-order chi connectivity index (χ1) is 8.36. The molecule has 1 fully saturated rings. The summed E-state index contributed by atoms with van der Waals surface area (Å²) in [6.45, 7) is 12.0. The lowest BCUT2D eigenvalue weighted by Gasteiger charge is -2.32. The Kier molecular flexibility index (Phi) is 8.61. The first-order valence-electron chi connectivity index (χ1n) is 6.99. The number of ether oxygens (including phenoxy) is 2.